The van der Waals surface area contributed by atoms with Crippen LogP contribution in [0.2, 0.25) is 5.02 Å². The molecule has 1 amide bonds. The van der Waals surface area contributed by atoms with Crippen molar-refractivity contribution in [3.05, 3.63) is 58.6 Å². The van der Waals surface area contributed by atoms with Crippen molar-refractivity contribution in [3.8, 4) is 11.5 Å². The lowest BCUT2D eigenvalue weighted by atomic mass is 10.1. The van der Waals surface area contributed by atoms with Gasteiger partial charge in [0.2, 0.25) is 5.91 Å². The molecular formula is C21H24ClNO3. The second-order valence-electron chi connectivity index (χ2n) is 5.86. The molecule has 0 radical (unpaired) electrons. The molecule has 0 spiro atoms. The second-order valence-corrected chi connectivity index (χ2v) is 6.27. The van der Waals surface area contributed by atoms with Crippen LogP contribution in [-0.2, 0) is 4.79 Å². The first kappa shape index (κ1) is 19.9. The average Bonchev–Trinajstić information content (AvgIpc) is 2.64. The molecule has 0 unspecified atom stereocenters. The molecule has 0 aromatic heterocycles. The molecule has 0 aliphatic rings. The van der Waals surface area contributed by atoms with E-state index in [0.717, 1.165) is 29.7 Å². The minimum atomic E-state index is -0.256. The average molecular weight is 374 g/mol. The van der Waals surface area contributed by atoms with Crippen molar-refractivity contribution in [2.75, 3.05) is 19.0 Å². The molecular weight excluding hydrogens is 350 g/mol. The molecule has 0 aliphatic carbocycles. The molecule has 26 heavy (non-hydrogen) atoms. The minimum absolute atomic E-state index is 0.256. The maximum atomic E-state index is 12.3. The molecule has 0 heterocycles. The third kappa shape index (κ3) is 5.53. The van der Waals surface area contributed by atoms with Crippen molar-refractivity contribution in [2.45, 2.75) is 26.7 Å². The van der Waals surface area contributed by atoms with E-state index in [1.54, 1.807) is 18.2 Å². The highest BCUT2D eigenvalue weighted by Gasteiger charge is 2.09. The molecule has 0 aliphatic heterocycles. The Morgan fingerprint density at radius 3 is 2.73 bits per heavy atom. The third-order valence-corrected chi connectivity index (χ3v) is 4.23. The van der Waals surface area contributed by atoms with E-state index in [-0.39, 0.29) is 5.91 Å². The van der Waals surface area contributed by atoms with Gasteiger partial charge in [-0.3, -0.25) is 4.79 Å². The number of anilines is 1. The zero-order valence-electron chi connectivity index (χ0n) is 15.3. The largest absolute Gasteiger partial charge is 0.495 e. The summed E-state index contributed by atoms with van der Waals surface area (Å²) in [7, 11) is 1.54. The molecule has 0 bridgehead atoms. The smallest absolute Gasteiger partial charge is 0.248 e. The number of benzene rings is 2. The molecule has 1 N–H and O–H groups in total. The Morgan fingerprint density at radius 1 is 1.23 bits per heavy atom. The van der Waals surface area contributed by atoms with Gasteiger partial charge in [-0.2, -0.15) is 0 Å². The van der Waals surface area contributed by atoms with Gasteiger partial charge in [0.15, 0.2) is 0 Å². The quantitative estimate of drug-likeness (QED) is 0.491. The number of amides is 1. The summed E-state index contributed by atoms with van der Waals surface area (Å²) in [5.41, 5.74) is 2.30. The van der Waals surface area contributed by atoms with Gasteiger partial charge in [-0.05, 0) is 37.1 Å². The van der Waals surface area contributed by atoms with Crippen molar-refractivity contribution in [3.63, 3.8) is 0 Å². The SMILES string of the molecule is CCCCOc1ccccc1C=CC(=O)Nc1cc(C)c(Cl)cc1OC. The first-order chi connectivity index (χ1) is 12.5. The summed E-state index contributed by atoms with van der Waals surface area (Å²) in [5.74, 6) is 1.03. The molecule has 0 saturated carbocycles. The van der Waals surface area contributed by atoms with Crippen LogP contribution < -0.4 is 14.8 Å². The van der Waals surface area contributed by atoms with Crippen LogP contribution in [0.1, 0.15) is 30.9 Å². The molecule has 5 heteroatoms. The Hall–Kier alpha value is -2.46. The summed E-state index contributed by atoms with van der Waals surface area (Å²) in [4.78, 5) is 12.3. The van der Waals surface area contributed by atoms with Gasteiger partial charge in [0.1, 0.15) is 11.5 Å². The highest BCUT2D eigenvalue weighted by Crippen LogP contribution is 2.31. The summed E-state index contributed by atoms with van der Waals surface area (Å²) >= 11 is 6.09. The number of methoxy groups -OCH3 is 1. The van der Waals surface area contributed by atoms with Crippen molar-refractivity contribution < 1.29 is 14.3 Å². The van der Waals surface area contributed by atoms with Crippen molar-refractivity contribution in [1.82, 2.24) is 0 Å². The molecule has 138 valence electrons. The number of carbonyl (C=O) groups excluding carboxylic acids is 1. The van der Waals surface area contributed by atoms with Gasteiger partial charge < -0.3 is 14.8 Å². The topological polar surface area (TPSA) is 47.6 Å². The highest BCUT2D eigenvalue weighted by atomic mass is 35.5. The Balaban J connectivity index is 2.10. The summed E-state index contributed by atoms with van der Waals surface area (Å²) < 4.78 is 11.1. The van der Waals surface area contributed by atoms with Crippen LogP contribution in [0.4, 0.5) is 5.69 Å². The highest BCUT2D eigenvalue weighted by molar-refractivity contribution is 6.31. The van der Waals surface area contributed by atoms with E-state index >= 15 is 0 Å². The Kier molecular flexibility index (Phi) is 7.54. The first-order valence-corrected chi connectivity index (χ1v) is 8.98. The van der Waals surface area contributed by atoms with Crippen LogP contribution in [0.15, 0.2) is 42.5 Å². The third-order valence-electron chi connectivity index (χ3n) is 3.83. The minimum Gasteiger partial charge on any atom is -0.495 e. The lowest BCUT2D eigenvalue weighted by Gasteiger charge is -2.11. The zero-order valence-corrected chi connectivity index (χ0v) is 16.1. The second kappa shape index (κ2) is 9.88. The van der Waals surface area contributed by atoms with E-state index in [0.29, 0.717) is 23.1 Å². The van der Waals surface area contributed by atoms with Crippen LogP contribution in [0.5, 0.6) is 11.5 Å². The molecule has 4 nitrogen and oxygen atoms in total. The molecule has 0 atom stereocenters. The Morgan fingerprint density at radius 2 is 2.00 bits per heavy atom. The molecule has 0 saturated heterocycles. The Bertz CT molecular complexity index is 787. The van der Waals surface area contributed by atoms with Crippen LogP contribution in [-0.4, -0.2) is 19.6 Å². The van der Waals surface area contributed by atoms with Crippen LogP contribution in [0.25, 0.3) is 6.08 Å². The standard InChI is InChI=1S/C21H24ClNO3/c1-4-5-12-26-19-9-7-6-8-16(19)10-11-21(24)23-18-13-15(2)17(22)14-20(18)25-3/h6-11,13-14H,4-5,12H2,1-3H3,(H,23,24). The number of nitrogens with one attached hydrogen (secondary N) is 1. The van der Waals surface area contributed by atoms with Gasteiger partial charge in [0.05, 0.1) is 19.4 Å². The summed E-state index contributed by atoms with van der Waals surface area (Å²) in [5, 5.41) is 3.41. The normalized spacial score (nSPS) is 10.8. The van der Waals surface area contributed by atoms with E-state index in [9.17, 15) is 4.79 Å². The Labute approximate surface area is 159 Å². The van der Waals surface area contributed by atoms with Crippen molar-refractivity contribution in [1.29, 1.82) is 0 Å². The van der Waals surface area contributed by atoms with E-state index in [1.807, 2.05) is 31.2 Å². The van der Waals surface area contributed by atoms with Crippen LogP contribution in [0.3, 0.4) is 0 Å². The monoisotopic (exact) mass is 373 g/mol. The number of rotatable bonds is 8. The van der Waals surface area contributed by atoms with E-state index in [4.69, 9.17) is 21.1 Å². The van der Waals surface area contributed by atoms with Crippen molar-refractivity contribution in [2.24, 2.45) is 0 Å². The zero-order chi connectivity index (χ0) is 18.9. The number of hydrogen-bond acceptors (Lipinski definition) is 3. The maximum Gasteiger partial charge on any atom is 0.248 e. The van der Waals surface area contributed by atoms with Gasteiger partial charge in [-0.1, -0.05) is 43.1 Å². The fourth-order valence-corrected chi connectivity index (χ4v) is 2.50. The number of carbonyl (C=O) groups is 1. The summed E-state index contributed by atoms with van der Waals surface area (Å²) in [6, 6.07) is 11.1. The molecule has 2 aromatic rings. The van der Waals surface area contributed by atoms with Gasteiger partial charge in [0, 0.05) is 22.7 Å². The predicted molar refractivity (Wildman–Crippen MR) is 107 cm³/mol. The number of hydrogen-bond donors (Lipinski definition) is 1. The first-order valence-electron chi connectivity index (χ1n) is 8.60. The van der Waals surface area contributed by atoms with Crippen LogP contribution >= 0.6 is 11.6 Å². The lowest BCUT2D eigenvalue weighted by Crippen LogP contribution is -2.09. The number of aryl methyl sites for hydroxylation is 1. The van der Waals surface area contributed by atoms with Gasteiger partial charge in [-0.15, -0.1) is 0 Å². The lowest BCUT2D eigenvalue weighted by molar-refractivity contribution is -0.111. The summed E-state index contributed by atoms with van der Waals surface area (Å²) in [6.45, 7) is 4.65. The van der Waals surface area contributed by atoms with Gasteiger partial charge >= 0.3 is 0 Å². The number of unbranched alkanes of at least 4 members (excludes halogenated alkanes) is 1. The summed E-state index contributed by atoms with van der Waals surface area (Å²) in [6.07, 6.45) is 5.29. The number of para-hydroxylation sites is 1. The predicted octanol–water partition coefficient (Wildman–Crippen LogP) is 5.49. The molecule has 2 rings (SSSR count). The van der Waals surface area contributed by atoms with Crippen LogP contribution in [0, 0.1) is 6.92 Å². The number of ether oxygens (including phenoxy) is 2. The van der Waals surface area contributed by atoms with Gasteiger partial charge in [-0.25, -0.2) is 0 Å². The van der Waals surface area contributed by atoms with Crippen molar-refractivity contribution >= 4 is 29.3 Å². The number of halogens is 1. The van der Waals surface area contributed by atoms with E-state index in [2.05, 4.69) is 12.2 Å². The fourth-order valence-electron chi connectivity index (χ4n) is 2.35. The van der Waals surface area contributed by atoms with Gasteiger partial charge in [0.25, 0.3) is 0 Å². The fraction of sp³-hybridized carbons (Fsp3) is 0.286. The molecule has 2 aromatic carbocycles. The molecule has 0 fully saturated rings. The maximum absolute atomic E-state index is 12.3. The van der Waals surface area contributed by atoms with E-state index < -0.39 is 0 Å². The van der Waals surface area contributed by atoms with E-state index in [1.165, 1.54) is 13.2 Å².